The van der Waals surface area contributed by atoms with E-state index < -0.39 is 10.0 Å². The highest BCUT2D eigenvalue weighted by Gasteiger charge is 2.27. The molecule has 1 N–H and O–H groups in total. The fraction of sp³-hybridized carbons (Fsp3) is 0.304. The van der Waals surface area contributed by atoms with E-state index >= 15 is 0 Å². The second kappa shape index (κ2) is 8.96. The maximum absolute atomic E-state index is 13.1. The molecule has 9 heteroatoms. The molecule has 1 saturated heterocycles. The van der Waals surface area contributed by atoms with Crippen molar-refractivity contribution in [3.63, 3.8) is 0 Å². The molecule has 0 spiro atoms. The minimum atomic E-state index is -3.87. The van der Waals surface area contributed by atoms with Crippen LogP contribution in [-0.4, -0.2) is 41.9 Å². The SMILES string of the molecule is Cc1ccc(NS(=O)(=O)c2ccc(Cl)c(C(=O)N3CCC(n4ccnc4)CC3)c2)cc1C. The molecular weight excluding hydrogens is 448 g/mol. The van der Waals surface area contributed by atoms with E-state index in [-0.39, 0.29) is 21.4 Å². The number of carbonyl (C=O) groups excluding carboxylic acids is 1. The van der Waals surface area contributed by atoms with Crippen LogP contribution in [-0.2, 0) is 10.0 Å². The summed E-state index contributed by atoms with van der Waals surface area (Å²) in [4.78, 5) is 18.9. The largest absolute Gasteiger partial charge is 0.338 e. The van der Waals surface area contributed by atoms with Crippen molar-refractivity contribution in [2.24, 2.45) is 0 Å². The van der Waals surface area contributed by atoms with Crippen LogP contribution in [0, 0.1) is 13.8 Å². The maximum atomic E-state index is 13.1. The molecule has 1 fully saturated rings. The van der Waals surface area contributed by atoms with E-state index in [0.717, 1.165) is 24.0 Å². The number of sulfonamides is 1. The standard InChI is InChI=1S/C23H25ClN4O3S/c1-16-3-4-18(13-17(16)2)26-32(30,31)20-5-6-22(24)21(14-20)23(29)27-10-7-19(8-11-27)28-12-9-25-15-28/h3-6,9,12-15,19,26H,7-8,10-11H2,1-2H3. The monoisotopic (exact) mass is 472 g/mol. The summed E-state index contributed by atoms with van der Waals surface area (Å²) in [5, 5.41) is 0.233. The molecule has 0 saturated carbocycles. The summed E-state index contributed by atoms with van der Waals surface area (Å²) in [6, 6.07) is 9.88. The van der Waals surface area contributed by atoms with Crippen molar-refractivity contribution in [3.8, 4) is 0 Å². The first-order valence-electron chi connectivity index (χ1n) is 10.4. The molecule has 2 heterocycles. The van der Waals surface area contributed by atoms with Crippen LogP contribution in [0.1, 0.15) is 40.4 Å². The number of amides is 1. The molecule has 1 aliphatic heterocycles. The first-order valence-corrected chi connectivity index (χ1v) is 12.3. The molecule has 1 amide bonds. The Morgan fingerprint density at radius 2 is 1.84 bits per heavy atom. The van der Waals surface area contributed by atoms with E-state index in [9.17, 15) is 13.2 Å². The van der Waals surface area contributed by atoms with Crippen LogP contribution < -0.4 is 4.72 Å². The van der Waals surface area contributed by atoms with E-state index in [0.29, 0.717) is 24.8 Å². The molecule has 3 aromatic rings. The van der Waals surface area contributed by atoms with Gasteiger partial charge in [-0.15, -0.1) is 0 Å². The van der Waals surface area contributed by atoms with Gasteiger partial charge in [-0.2, -0.15) is 0 Å². The number of hydrogen-bond acceptors (Lipinski definition) is 4. The van der Waals surface area contributed by atoms with Crippen molar-refractivity contribution in [1.29, 1.82) is 0 Å². The number of aromatic nitrogens is 2. The van der Waals surface area contributed by atoms with E-state index in [1.165, 1.54) is 18.2 Å². The molecular formula is C23H25ClN4O3S. The van der Waals surface area contributed by atoms with Crippen LogP contribution in [0.2, 0.25) is 5.02 Å². The Balaban J connectivity index is 1.52. The first-order chi connectivity index (χ1) is 15.2. The lowest BCUT2D eigenvalue weighted by molar-refractivity contribution is 0.0694. The summed E-state index contributed by atoms with van der Waals surface area (Å²) in [5.74, 6) is -0.262. The Morgan fingerprint density at radius 3 is 2.50 bits per heavy atom. The van der Waals surface area contributed by atoms with Gasteiger partial charge in [0.05, 0.1) is 21.8 Å². The zero-order valence-electron chi connectivity index (χ0n) is 18.0. The lowest BCUT2D eigenvalue weighted by Gasteiger charge is -2.32. The van der Waals surface area contributed by atoms with Gasteiger partial charge in [-0.25, -0.2) is 13.4 Å². The average molecular weight is 473 g/mol. The van der Waals surface area contributed by atoms with Crippen LogP contribution in [0.25, 0.3) is 0 Å². The van der Waals surface area contributed by atoms with E-state index in [1.807, 2.05) is 26.1 Å². The van der Waals surface area contributed by atoms with Crippen LogP contribution >= 0.6 is 11.6 Å². The quantitative estimate of drug-likeness (QED) is 0.595. The summed E-state index contributed by atoms with van der Waals surface area (Å²) in [6.07, 6.45) is 7.05. The number of carbonyl (C=O) groups is 1. The number of aryl methyl sites for hydroxylation is 2. The molecule has 2 aromatic carbocycles. The lowest BCUT2D eigenvalue weighted by atomic mass is 10.0. The number of rotatable bonds is 5. The fourth-order valence-electron chi connectivity index (χ4n) is 3.88. The van der Waals surface area contributed by atoms with Gasteiger partial charge in [0.2, 0.25) is 0 Å². The molecule has 0 aliphatic carbocycles. The molecule has 7 nitrogen and oxygen atoms in total. The van der Waals surface area contributed by atoms with Gasteiger partial charge in [-0.3, -0.25) is 9.52 Å². The molecule has 1 aromatic heterocycles. The third kappa shape index (κ3) is 4.66. The van der Waals surface area contributed by atoms with Crippen LogP contribution in [0.4, 0.5) is 5.69 Å². The van der Waals surface area contributed by atoms with Crippen molar-refractivity contribution in [3.05, 3.63) is 76.8 Å². The second-order valence-corrected chi connectivity index (χ2v) is 10.2. The maximum Gasteiger partial charge on any atom is 0.261 e. The Labute approximate surface area is 193 Å². The topological polar surface area (TPSA) is 84.3 Å². The fourth-order valence-corrected chi connectivity index (χ4v) is 5.15. The number of likely N-dealkylation sites (tertiary alicyclic amines) is 1. The zero-order valence-corrected chi connectivity index (χ0v) is 19.5. The van der Waals surface area contributed by atoms with Gasteiger partial charge in [-0.1, -0.05) is 17.7 Å². The van der Waals surface area contributed by atoms with E-state index in [2.05, 4.69) is 14.3 Å². The van der Waals surface area contributed by atoms with Crippen LogP contribution in [0.5, 0.6) is 0 Å². The molecule has 0 atom stereocenters. The molecule has 0 unspecified atom stereocenters. The lowest BCUT2D eigenvalue weighted by Crippen LogP contribution is -2.39. The normalized spacial score (nSPS) is 15.0. The summed E-state index contributed by atoms with van der Waals surface area (Å²) in [5.41, 5.74) is 2.72. The summed E-state index contributed by atoms with van der Waals surface area (Å²) in [6.45, 7) is 5.01. The molecule has 32 heavy (non-hydrogen) atoms. The zero-order chi connectivity index (χ0) is 22.9. The third-order valence-corrected chi connectivity index (χ3v) is 7.64. The number of benzene rings is 2. The smallest absolute Gasteiger partial charge is 0.261 e. The average Bonchev–Trinajstić information content (AvgIpc) is 3.31. The predicted molar refractivity (Wildman–Crippen MR) is 125 cm³/mol. The summed E-state index contributed by atoms with van der Waals surface area (Å²) >= 11 is 6.29. The number of piperidine rings is 1. The van der Waals surface area contributed by atoms with Crippen molar-refractivity contribution in [2.75, 3.05) is 17.8 Å². The molecule has 168 valence electrons. The highest BCUT2D eigenvalue weighted by Crippen LogP contribution is 2.27. The van der Waals surface area contributed by atoms with E-state index in [4.69, 9.17) is 11.6 Å². The van der Waals surface area contributed by atoms with Gasteiger partial charge in [0.25, 0.3) is 15.9 Å². The number of halogens is 1. The van der Waals surface area contributed by atoms with Gasteiger partial charge in [-0.05, 0) is 68.1 Å². The summed E-state index contributed by atoms with van der Waals surface area (Å²) in [7, 11) is -3.87. The minimum absolute atomic E-state index is 0.00298. The van der Waals surface area contributed by atoms with Crippen LogP contribution in [0.15, 0.2) is 60.0 Å². The number of imidazole rings is 1. The third-order valence-electron chi connectivity index (χ3n) is 5.94. The molecule has 0 bridgehead atoms. The van der Waals surface area contributed by atoms with Gasteiger partial charge >= 0.3 is 0 Å². The number of anilines is 1. The predicted octanol–water partition coefficient (Wildman–Crippen LogP) is 4.43. The highest BCUT2D eigenvalue weighted by molar-refractivity contribution is 7.92. The highest BCUT2D eigenvalue weighted by atomic mass is 35.5. The van der Waals surface area contributed by atoms with Crippen molar-refractivity contribution >= 4 is 33.2 Å². The van der Waals surface area contributed by atoms with Gasteiger partial charge in [0.15, 0.2) is 0 Å². The second-order valence-electron chi connectivity index (χ2n) is 8.08. The summed E-state index contributed by atoms with van der Waals surface area (Å²) < 4.78 is 30.5. The Hall–Kier alpha value is -2.84. The van der Waals surface area contributed by atoms with Crippen molar-refractivity contribution < 1.29 is 13.2 Å². The first kappa shape index (κ1) is 22.4. The van der Waals surface area contributed by atoms with Gasteiger partial charge in [0, 0.05) is 37.2 Å². The molecule has 0 radical (unpaired) electrons. The van der Waals surface area contributed by atoms with Crippen molar-refractivity contribution in [2.45, 2.75) is 37.6 Å². The Kier molecular flexibility index (Phi) is 6.26. The number of nitrogens with one attached hydrogen (secondary N) is 1. The number of nitrogens with zero attached hydrogens (tertiary/aromatic N) is 3. The minimum Gasteiger partial charge on any atom is -0.338 e. The van der Waals surface area contributed by atoms with Crippen molar-refractivity contribution in [1.82, 2.24) is 14.5 Å². The number of hydrogen-bond donors (Lipinski definition) is 1. The van der Waals surface area contributed by atoms with Crippen LogP contribution in [0.3, 0.4) is 0 Å². The molecule has 1 aliphatic rings. The van der Waals surface area contributed by atoms with E-state index in [1.54, 1.807) is 29.6 Å². The Bertz CT molecular complexity index is 1230. The molecule has 4 rings (SSSR count). The van der Waals surface area contributed by atoms with Gasteiger partial charge < -0.3 is 9.47 Å². The Morgan fingerprint density at radius 1 is 1.09 bits per heavy atom. The van der Waals surface area contributed by atoms with Gasteiger partial charge in [0.1, 0.15) is 0 Å².